The Morgan fingerprint density at radius 1 is 1.30 bits per heavy atom. The number of nitrogens with zero attached hydrogens (tertiary/aromatic N) is 1. The SMILES string of the molecule is Cc1[nH]ncc1CNC(C)(C)c1ccc2c(c1)OCO2. The summed E-state index contributed by atoms with van der Waals surface area (Å²) >= 11 is 0. The van der Waals surface area contributed by atoms with Crippen LogP contribution in [0.3, 0.4) is 0 Å². The monoisotopic (exact) mass is 273 g/mol. The summed E-state index contributed by atoms with van der Waals surface area (Å²) in [6.45, 7) is 7.40. The van der Waals surface area contributed by atoms with Gasteiger partial charge in [0.2, 0.25) is 6.79 Å². The second kappa shape index (κ2) is 4.83. The first-order valence-electron chi connectivity index (χ1n) is 6.70. The molecule has 0 atom stereocenters. The van der Waals surface area contributed by atoms with Gasteiger partial charge in [0.25, 0.3) is 0 Å². The van der Waals surface area contributed by atoms with Gasteiger partial charge >= 0.3 is 0 Å². The number of rotatable bonds is 4. The van der Waals surface area contributed by atoms with Crippen molar-refractivity contribution in [1.82, 2.24) is 15.5 Å². The quantitative estimate of drug-likeness (QED) is 0.898. The molecule has 0 spiro atoms. The first-order chi connectivity index (χ1) is 9.56. The third-order valence-corrected chi connectivity index (χ3v) is 3.75. The fourth-order valence-corrected chi connectivity index (χ4v) is 2.26. The summed E-state index contributed by atoms with van der Waals surface area (Å²) in [5.41, 5.74) is 3.28. The Bertz CT molecular complexity index is 619. The lowest BCUT2D eigenvalue weighted by Gasteiger charge is -2.27. The van der Waals surface area contributed by atoms with Crippen LogP contribution in [0, 0.1) is 6.92 Å². The van der Waals surface area contributed by atoms with E-state index in [1.54, 1.807) is 0 Å². The topological polar surface area (TPSA) is 59.2 Å². The highest BCUT2D eigenvalue weighted by molar-refractivity contribution is 5.46. The molecule has 0 radical (unpaired) electrons. The molecule has 0 saturated heterocycles. The van der Waals surface area contributed by atoms with Crippen molar-refractivity contribution in [2.24, 2.45) is 0 Å². The average Bonchev–Trinajstić information content (AvgIpc) is 3.04. The standard InChI is InChI=1S/C15H19N3O2/c1-10-11(8-17-18-10)7-16-15(2,3)12-4-5-13-14(6-12)20-9-19-13/h4-6,8,16H,7,9H2,1-3H3,(H,17,18). The van der Waals surface area contributed by atoms with Gasteiger partial charge in [-0.3, -0.25) is 5.10 Å². The minimum absolute atomic E-state index is 0.162. The highest BCUT2D eigenvalue weighted by Gasteiger charge is 2.23. The van der Waals surface area contributed by atoms with Gasteiger partial charge in [-0.15, -0.1) is 0 Å². The molecule has 0 saturated carbocycles. The molecule has 106 valence electrons. The van der Waals surface area contributed by atoms with E-state index in [9.17, 15) is 0 Å². The molecular formula is C15H19N3O2. The van der Waals surface area contributed by atoms with Gasteiger partial charge in [0.1, 0.15) is 0 Å². The van der Waals surface area contributed by atoms with Gasteiger partial charge in [0.15, 0.2) is 11.5 Å². The molecule has 1 aliphatic rings. The lowest BCUT2D eigenvalue weighted by Crippen LogP contribution is -2.36. The van der Waals surface area contributed by atoms with Crippen LogP contribution in [0.1, 0.15) is 30.7 Å². The zero-order valence-electron chi connectivity index (χ0n) is 12.0. The van der Waals surface area contributed by atoms with Crippen LogP contribution in [-0.4, -0.2) is 17.0 Å². The molecule has 1 aliphatic heterocycles. The molecular weight excluding hydrogens is 254 g/mol. The predicted molar refractivity (Wildman–Crippen MR) is 75.8 cm³/mol. The number of hydrogen-bond donors (Lipinski definition) is 2. The van der Waals surface area contributed by atoms with Crippen molar-refractivity contribution in [1.29, 1.82) is 0 Å². The molecule has 1 aromatic carbocycles. The first kappa shape index (κ1) is 13.0. The van der Waals surface area contributed by atoms with Gasteiger partial charge in [-0.05, 0) is 38.5 Å². The maximum atomic E-state index is 5.44. The van der Waals surface area contributed by atoms with E-state index in [0.717, 1.165) is 23.7 Å². The summed E-state index contributed by atoms with van der Waals surface area (Å²) in [5, 5.41) is 10.5. The Morgan fingerprint density at radius 2 is 2.10 bits per heavy atom. The molecule has 5 heteroatoms. The van der Waals surface area contributed by atoms with E-state index in [2.05, 4.69) is 35.4 Å². The third-order valence-electron chi connectivity index (χ3n) is 3.75. The van der Waals surface area contributed by atoms with Crippen molar-refractivity contribution < 1.29 is 9.47 Å². The van der Waals surface area contributed by atoms with Gasteiger partial charge < -0.3 is 14.8 Å². The van der Waals surface area contributed by atoms with Gasteiger partial charge in [0.05, 0.1) is 6.20 Å². The number of aryl methyl sites for hydroxylation is 1. The number of hydrogen-bond acceptors (Lipinski definition) is 4. The molecule has 0 bridgehead atoms. The summed E-state index contributed by atoms with van der Waals surface area (Å²) in [5.74, 6) is 1.63. The molecule has 2 N–H and O–H groups in total. The van der Waals surface area contributed by atoms with Crippen LogP contribution in [0.15, 0.2) is 24.4 Å². The zero-order valence-corrected chi connectivity index (χ0v) is 12.0. The molecule has 0 amide bonds. The smallest absolute Gasteiger partial charge is 0.231 e. The van der Waals surface area contributed by atoms with Crippen molar-refractivity contribution in [2.45, 2.75) is 32.9 Å². The second-order valence-electron chi connectivity index (χ2n) is 5.57. The van der Waals surface area contributed by atoms with E-state index in [1.807, 2.05) is 25.3 Å². The Kier molecular flexibility index (Phi) is 3.14. The van der Waals surface area contributed by atoms with Crippen molar-refractivity contribution in [3.63, 3.8) is 0 Å². The number of ether oxygens (including phenoxy) is 2. The van der Waals surface area contributed by atoms with Crippen LogP contribution in [0.4, 0.5) is 0 Å². The maximum Gasteiger partial charge on any atom is 0.231 e. The summed E-state index contributed by atoms with van der Waals surface area (Å²) < 4.78 is 10.8. The minimum Gasteiger partial charge on any atom is -0.454 e. The van der Waals surface area contributed by atoms with Crippen LogP contribution in [-0.2, 0) is 12.1 Å². The van der Waals surface area contributed by atoms with Gasteiger partial charge in [-0.25, -0.2) is 0 Å². The Balaban J connectivity index is 1.76. The highest BCUT2D eigenvalue weighted by atomic mass is 16.7. The predicted octanol–water partition coefficient (Wildman–Crippen LogP) is 2.47. The van der Waals surface area contributed by atoms with Crippen molar-refractivity contribution in [2.75, 3.05) is 6.79 Å². The molecule has 5 nitrogen and oxygen atoms in total. The van der Waals surface area contributed by atoms with E-state index < -0.39 is 0 Å². The van der Waals surface area contributed by atoms with Crippen LogP contribution in [0.2, 0.25) is 0 Å². The van der Waals surface area contributed by atoms with Crippen molar-refractivity contribution >= 4 is 0 Å². The molecule has 1 aromatic heterocycles. The first-order valence-corrected chi connectivity index (χ1v) is 6.70. The zero-order chi connectivity index (χ0) is 14.2. The molecule has 20 heavy (non-hydrogen) atoms. The Hall–Kier alpha value is -2.01. The summed E-state index contributed by atoms with van der Waals surface area (Å²) in [6, 6.07) is 6.07. The van der Waals surface area contributed by atoms with Crippen LogP contribution in [0.25, 0.3) is 0 Å². The van der Waals surface area contributed by atoms with E-state index in [4.69, 9.17) is 9.47 Å². The number of fused-ring (bicyclic) bond motifs is 1. The summed E-state index contributed by atoms with van der Waals surface area (Å²) in [7, 11) is 0. The normalized spacial score (nSPS) is 13.8. The third kappa shape index (κ3) is 2.36. The van der Waals surface area contributed by atoms with Gasteiger partial charge in [0, 0.05) is 23.3 Å². The van der Waals surface area contributed by atoms with Crippen LogP contribution < -0.4 is 14.8 Å². The summed E-state index contributed by atoms with van der Waals surface area (Å²) in [4.78, 5) is 0. The fourth-order valence-electron chi connectivity index (χ4n) is 2.26. The molecule has 0 aliphatic carbocycles. The van der Waals surface area contributed by atoms with Gasteiger partial charge in [-0.2, -0.15) is 5.10 Å². The number of aromatic nitrogens is 2. The number of aromatic amines is 1. The molecule has 3 rings (SSSR count). The largest absolute Gasteiger partial charge is 0.454 e. The number of benzene rings is 1. The lowest BCUT2D eigenvalue weighted by molar-refractivity contribution is 0.174. The van der Waals surface area contributed by atoms with Gasteiger partial charge in [-0.1, -0.05) is 6.07 Å². The molecule has 2 aromatic rings. The molecule has 0 fully saturated rings. The van der Waals surface area contributed by atoms with E-state index >= 15 is 0 Å². The molecule has 2 heterocycles. The summed E-state index contributed by atoms with van der Waals surface area (Å²) in [6.07, 6.45) is 1.86. The number of H-pyrrole nitrogens is 1. The lowest BCUT2D eigenvalue weighted by atomic mass is 9.93. The van der Waals surface area contributed by atoms with E-state index in [-0.39, 0.29) is 5.54 Å². The Labute approximate surface area is 118 Å². The van der Waals surface area contributed by atoms with E-state index in [1.165, 1.54) is 11.1 Å². The second-order valence-corrected chi connectivity index (χ2v) is 5.57. The van der Waals surface area contributed by atoms with Crippen molar-refractivity contribution in [3.05, 3.63) is 41.2 Å². The van der Waals surface area contributed by atoms with E-state index in [0.29, 0.717) is 6.79 Å². The maximum absolute atomic E-state index is 5.44. The molecule has 0 unspecified atom stereocenters. The fraction of sp³-hybridized carbons (Fsp3) is 0.400. The van der Waals surface area contributed by atoms with Crippen LogP contribution >= 0.6 is 0 Å². The number of nitrogens with one attached hydrogen (secondary N) is 2. The highest BCUT2D eigenvalue weighted by Crippen LogP contribution is 2.35. The minimum atomic E-state index is -0.162. The average molecular weight is 273 g/mol. The van der Waals surface area contributed by atoms with Crippen LogP contribution in [0.5, 0.6) is 11.5 Å². The van der Waals surface area contributed by atoms with Crippen molar-refractivity contribution in [3.8, 4) is 11.5 Å². The Morgan fingerprint density at radius 3 is 2.85 bits per heavy atom.